The predicted octanol–water partition coefficient (Wildman–Crippen LogP) is 5.51. The maximum absolute atomic E-state index is 13.9. The van der Waals surface area contributed by atoms with Crippen molar-refractivity contribution in [3.63, 3.8) is 0 Å². The molecule has 0 unspecified atom stereocenters. The van der Waals surface area contributed by atoms with E-state index in [-0.39, 0.29) is 0 Å². The fourth-order valence-electron chi connectivity index (χ4n) is 2.99. The van der Waals surface area contributed by atoms with Crippen molar-refractivity contribution < 1.29 is 31.4 Å². The zero-order valence-electron chi connectivity index (χ0n) is 15.4. The van der Waals surface area contributed by atoms with Gasteiger partial charge in [-0.15, -0.1) is 0 Å². The Morgan fingerprint density at radius 1 is 0.867 bits per heavy atom. The molecule has 0 amide bonds. The summed E-state index contributed by atoms with van der Waals surface area (Å²) in [4.78, 5) is 7.60. The van der Waals surface area contributed by atoms with E-state index in [1.807, 2.05) is 24.3 Å². The van der Waals surface area contributed by atoms with E-state index < -0.39 is 41.4 Å². The third-order valence-corrected chi connectivity index (χ3v) is 4.48. The molecule has 0 aliphatic rings. The highest BCUT2D eigenvalue weighted by atomic mass is 19.2. The van der Waals surface area contributed by atoms with Crippen molar-refractivity contribution in [1.82, 2.24) is 9.97 Å². The summed E-state index contributed by atoms with van der Waals surface area (Å²) >= 11 is 0. The number of methoxy groups -OCH3 is 1. The van der Waals surface area contributed by atoms with E-state index in [0.717, 1.165) is 11.0 Å². The molecule has 1 aromatic heterocycles. The molecule has 0 spiro atoms. The van der Waals surface area contributed by atoms with Crippen molar-refractivity contribution in [1.29, 1.82) is 0 Å². The van der Waals surface area contributed by atoms with Crippen LogP contribution in [-0.2, 0) is 6.61 Å². The predicted molar refractivity (Wildman–Crippen MR) is 98.6 cm³/mol. The van der Waals surface area contributed by atoms with Crippen LogP contribution in [-0.4, -0.2) is 17.1 Å². The van der Waals surface area contributed by atoms with Gasteiger partial charge in [-0.05, 0) is 30.3 Å². The van der Waals surface area contributed by atoms with Gasteiger partial charge in [0.15, 0.2) is 5.75 Å². The van der Waals surface area contributed by atoms with Crippen LogP contribution < -0.4 is 9.47 Å². The van der Waals surface area contributed by atoms with Crippen LogP contribution in [0, 0.1) is 29.1 Å². The molecule has 4 aromatic rings. The SMILES string of the molecule is COc1ccc(-c2nc3ccccc3[nH]2)cc1COc1c(F)c(F)c(F)c(F)c1F. The number of hydrogen-bond acceptors (Lipinski definition) is 3. The van der Waals surface area contributed by atoms with Crippen LogP contribution in [0.5, 0.6) is 11.5 Å². The zero-order chi connectivity index (χ0) is 21.4. The minimum atomic E-state index is -2.25. The lowest BCUT2D eigenvalue weighted by atomic mass is 10.1. The first-order valence-corrected chi connectivity index (χ1v) is 8.67. The molecule has 30 heavy (non-hydrogen) atoms. The highest BCUT2D eigenvalue weighted by Crippen LogP contribution is 2.32. The molecule has 0 fully saturated rings. The summed E-state index contributed by atoms with van der Waals surface area (Å²) < 4.78 is 77.8. The summed E-state index contributed by atoms with van der Waals surface area (Å²) in [7, 11) is 1.37. The van der Waals surface area contributed by atoms with Crippen LogP contribution in [0.15, 0.2) is 42.5 Å². The van der Waals surface area contributed by atoms with Gasteiger partial charge in [0, 0.05) is 11.1 Å². The first-order valence-electron chi connectivity index (χ1n) is 8.67. The summed E-state index contributed by atoms with van der Waals surface area (Å²) in [5.41, 5.74) is 2.48. The molecule has 0 aliphatic heterocycles. The number of nitrogens with zero attached hydrogens (tertiary/aromatic N) is 1. The lowest BCUT2D eigenvalue weighted by Crippen LogP contribution is -2.07. The van der Waals surface area contributed by atoms with Gasteiger partial charge in [0.25, 0.3) is 0 Å². The number of hydrogen-bond donors (Lipinski definition) is 1. The van der Waals surface area contributed by atoms with Gasteiger partial charge < -0.3 is 14.5 Å². The number of aromatic nitrogens is 2. The Bertz CT molecular complexity index is 1190. The molecule has 1 N–H and O–H groups in total. The van der Waals surface area contributed by atoms with Crippen molar-refractivity contribution in [3.8, 4) is 22.9 Å². The monoisotopic (exact) mass is 420 g/mol. The molecular weight excluding hydrogens is 407 g/mol. The van der Waals surface area contributed by atoms with Crippen LogP contribution in [0.2, 0.25) is 0 Å². The van der Waals surface area contributed by atoms with E-state index in [0.29, 0.717) is 22.7 Å². The second-order valence-electron chi connectivity index (χ2n) is 6.32. The minimum absolute atomic E-state index is 0.304. The Balaban J connectivity index is 1.69. The Hall–Kier alpha value is -3.62. The van der Waals surface area contributed by atoms with Crippen molar-refractivity contribution >= 4 is 11.0 Å². The summed E-state index contributed by atoms with van der Waals surface area (Å²) in [6, 6.07) is 12.2. The summed E-state index contributed by atoms with van der Waals surface area (Å²) in [6.07, 6.45) is 0. The van der Waals surface area contributed by atoms with E-state index in [9.17, 15) is 22.0 Å². The molecule has 0 radical (unpaired) electrons. The smallest absolute Gasteiger partial charge is 0.207 e. The molecule has 0 atom stereocenters. The third kappa shape index (κ3) is 3.32. The van der Waals surface area contributed by atoms with E-state index in [1.54, 1.807) is 18.2 Å². The largest absolute Gasteiger partial charge is 0.496 e. The lowest BCUT2D eigenvalue weighted by molar-refractivity contribution is 0.249. The molecular formula is C21H13F5N2O2. The number of benzene rings is 3. The molecule has 1 heterocycles. The molecule has 0 saturated heterocycles. The number of rotatable bonds is 5. The number of H-pyrrole nitrogens is 1. The van der Waals surface area contributed by atoms with Crippen LogP contribution in [0.3, 0.4) is 0 Å². The van der Waals surface area contributed by atoms with Gasteiger partial charge >= 0.3 is 0 Å². The molecule has 4 nitrogen and oxygen atoms in total. The van der Waals surface area contributed by atoms with E-state index >= 15 is 0 Å². The second-order valence-corrected chi connectivity index (χ2v) is 6.32. The van der Waals surface area contributed by atoms with Gasteiger partial charge in [0.05, 0.1) is 18.1 Å². The number of imidazole rings is 1. The Kier molecular flexibility index (Phi) is 5.03. The lowest BCUT2D eigenvalue weighted by Gasteiger charge is -2.13. The average molecular weight is 420 g/mol. The summed E-state index contributed by atoms with van der Waals surface area (Å²) in [5.74, 6) is -11.0. The van der Waals surface area contributed by atoms with Crippen molar-refractivity contribution in [3.05, 3.63) is 77.1 Å². The summed E-state index contributed by atoms with van der Waals surface area (Å²) in [6.45, 7) is -0.504. The van der Waals surface area contributed by atoms with Gasteiger partial charge in [-0.1, -0.05) is 12.1 Å². The first-order chi connectivity index (χ1) is 14.4. The van der Waals surface area contributed by atoms with E-state index in [2.05, 4.69) is 9.97 Å². The molecule has 154 valence electrons. The van der Waals surface area contributed by atoms with Gasteiger partial charge in [-0.2, -0.15) is 8.78 Å². The highest BCUT2D eigenvalue weighted by molar-refractivity contribution is 5.79. The Labute approximate surface area is 166 Å². The first kappa shape index (κ1) is 19.7. The van der Waals surface area contributed by atoms with Crippen LogP contribution >= 0.6 is 0 Å². The van der Waals surface area contributed by atoms with Gasteiger partial charge in [-0.3, -0.25) is 0 Å². The number of aromatic amines is 1. The van der Waals surface area contributed by atoms with E-state index in [4.69, 9.17) is 9.47 Å². The van der Waals surface area contributed by atoms with Crippen LogP contribution in [0.4, 0.5) is 22.0 Å². The number of fused-ring (bicyclic) bond motifs is 1. The topological polar surface area (TPSA) is 47.1 Å². The second kappa shape index (κ2) is 7.66. The standard InChI is InChI=1S/C21H13F5N2O2/c1-29-14-7-6-10(21-27-12-4-2-3-5-13(12)28-21)8-11(14)9-30-20-18(25)16(23)15(22)17(24)19(20)26/h2-8H,9H2,1H3,(H,27,28). The average Bonchev–Trinajstić information content (AvgIpc) is 3.20. The normalized spacial score (nSPS) is 11.1. The Morgan fingerprint density at radius 2 is 1.53 bits per heavy atom. The fourth-order valence-corrected chi connectivity index (χ4v) is 2.99. The maximum atomic E-state index is 13.9. The molecule has 0 bridgehead atoms. The fraction of sp³-hybridized carbons (Fsp3) is 0.0952. The molecule has 0 saturated carbocycles. The quantitative estimate of drug-likeness (QED) is 0.263. The minimum Gasteiger partial charge on any atom is -0.496 e. The van der Waals surface area contributed by atoms with Crippen molar-refractivity contribution in [2.45, 2.75) is 6.61 Å². The number of halogens is 5. The van der Waals surface area contributed by atoms with Gasteiger partial charge in [-0.25, -0.2) is 18.2 Å². The van der Waals surface area contributed by atoms with Gasteiger partial charge in [0.2, 0.25) is 29.1 Å². The molecule has 0 aliphatic carbocycles. The van der Waals surface area contributed by atoms with Crippen molar-refractivity contribution in [2.24, 2.45) is 0 Å². The molecule has 9 heteroatoms. The highest BCUT2D eigenvalue weighted by Gasteiger charge is 2.27. The maximum Gasteiger partial charge on any atom is 0.207 e. The Morgan fingerprint density at radius 3 is 2.20 bits per heavy atom. The van der Waals surface area contributed by atoms with Crippen molar-refractivity contribution in [2.75, 3.05) is 7.11 Å². The zero-order valence-corrected chi connectivity index (χ0v) is 15.4. The third-order valence-electron chi connectivity index (χ3n) is 4.48. The van der Waals surface area contributed by atoms with E-state index in [1.165, 1.54) is 7.11 Å². The number of para-hydroxylation sites is 2. The molecule has 4 rings (SSSR count). The number of ether oxygens (including phenoxy) is 2. The molecule has 3 aromatic carbocycles. The van der Waals surface area contributed by atoms with Crippen LogP contribution in [0.25, 0.3) is 22.4 Å². The number of nitrogens with one attached hydrogen (secondary N) is 1. The summed E-state index contributed by atoms with van der Waals surface area (Å²) in [5, 5.41) is 0. The van der Waals surface area contributed by atoms with Crippen LogP contribution in [0.1, 0.15) is 5.56 Å². The van der Waals surface area contributed by atoms with Gasteiger partial charge in [0.1, 0.15) is 18.2 Å².